The van der Waals surface area contributed by atoms with Crippen LogP contribution >= 0.6 is 0 Å². The molecule has 0 atom stereocenters. The minimum Gasteiger partial charge on any atom is -0.488 e. The van der Waals surface area contributed by atoms with Crippen molar-refractivity contribution in [2.45, 2.75) is 78.6 Å². The molecule has 7 heteroatoms. The third kappa shape index (κ3) is 9.08. The number of aliphatic imine (C=N–C) groups is 1. The van der Waals surface area contributed by atoms with Crippen LogP contribution in [0.2, 0.25) is 0 Å². The van der Waals surface area contributed by atoms with Crippen molar-refractivity contribution in [1.29, 1.82) is 0 Å². The van der Waals surface area contributed by atoms with Gasteiger partial charge in [-0.25, -0.2) is 5.84 Å². The SMILES string of the molecule is CCCN(N)C(CCCc1ccc(OC(C)(C)C)c(C)c1)=NCc1ccc(C(F)(F)F)cc1. The van der Waals surface area contributed by atoms with E-state index in [1.807, 2.05) is 40.7 Å². The van der Waals surface area contributed by atoms with Gasteiger partial charge in [0.15, 0.2) is 0 Å². The first kappa shape index (κ1) is 26.7. The minimum atomic E-state index is -4.34. The van der Waals surface area contributed by atoms with Crippen LogP contribution in [-0.2, 0) is 19.1 Å². The number of hydrogen-bond donors (Lipinski definition) is 1. The van der Waals surface area contributed by atoms with E-state index >= 15 is 0 Å². The minimum absolute atomic E-state index is 0.241. The largest absolute Gasteiger partial charge is 0.488 e. The van der Waals surface area contributed by atoms with Crippen molar-refractivity contribution in [3.8, 4) is 5.75 Å². The van der Waals surface area contributed by atoms with E-state index in [-0.39, 0.29) is 5.60 Å². The van der Waals surface area contributed by atoms with Crippen molar-refractivity contribution in [2.24, 2.45) is 10.8 Å². The fraction of sp³-hybridized carbons (Fsp3) is 0.500. The number of amidine groups is 1. The summed E-state index contributed by atoms with van der Waals surface area (Å²) in [5.41, 5.74) is 2.14. The lowest BCUT2D eigenvalue weighted by atomic mass is 10.0. The Balaban J connectivity index is 2.01. The van der Waals surface area contributed by atoms with E-state index in [0.29, 0.717) is 19.5 Å². The molecular formula is C26H36F3N3O. The zero-order chi connectivity index (χ0) is 24.6. The summed E-state index contributed by atoms with van der Waals surface area (Å²) < 4.78 is 44.3. The van der Waals surface area contributed by atoms with Crippen LogP contribution in [0.25, 0.3) is 0 Å². The zero-order valence-electron chi connectivity index (χ0n) is 20.3. The number of nitrogens with two attached hydrogens (primary N) is 1. The normalized spacial score (nSPS) is 12.7. The summed E-state index contributed by atoms with van der Waals surface area (Å²) >= 11 is 0. The molecule has 0 bridgehead atoms. The Kier molecular flexibility index (Phi) is 9.35. The molecule has 0 spiro atoms. The molecule has 0 aliphatic heterocycles. The van der Waals surface area contributed by atoms with E-state index in [2.05, 4.69) is 17.1 Å². The second-order valence-electron chi connectivity index (χ2n) is 9.29. The molecular weight excluding hydrogens is 427 g/mol. The van der Waals surface area contributed by atoms with Crippen LogP contribution < -0.4 is 10.6 Å². The Morgan fingerprint density at radius 3 is 2.21 bits per heavy atom. The maximum absolute atomic E-state index is 12.8. The van der Waals surface area contributed by atoms with Crippen molar-refractivity contribution < 1.29 is 17.9 Å². The van der Waals surface area contributed by atoms with E-state index in [1.165, 1.54) is 17.7 Å². The predicted octanol–water partition coefficient (Wildman–Crippen LogP) is 6.70. The lowest BCUT2D eigenvalue weighted by Crippen LogP contribution is -2.38. The summed E-state index contributed by atoms with van der Waals surface area (Å²) in [5, 5.41) is 1.65. The van der Waals surface area contributed by atoms with Crippen LogP contribution in [0.15, 0.2) is 47.5 Å². The Labute approximate surface area is 195 Å². The molecule has 0 amide bonds. The van der Waals surface area contributed by atoms with Gasteiger partial charge in [0.05, 0.1) is 12.1 Å². The molecule has 0 aliphatic rings. The van der Waals surface area contributed by atoms with Crippen molar-refractivity contribution in [3.05, 3.63) is 64.7 Å². The summed E-state index contributed by atoms with van der Waals surface area (Å²) in [6, 6.07) is 11.4. The van der Waals surface area contributed by atoms with Gasteiger partial charge in [-0.2, -0.15) is 13.2 Å². The smallest absolute Gasteiger partial charge is 0.416 e. The number of nitrogens with zero attached hydrogens (tertiary/aromatic N) is 2. The first-order valence-electron chi connectivity index (χ1n) is 11.4. The summed E-state index contributed by atoms with van der Waals surface area (Å²) in [6.45, 7) is 11.1. The molecule has 0 aromatic heterocycles. The van der Waals surface area contributed by atoms with Gasteiger partial charge in [-0.3, -0.25) is 10.0 Å². The molecule has 0 radical (unpaired) electrons. The second-order valence-corrected chi connectivity index (χ2v) is 9.29. The highest BCUT2D eigenvalue weighted by Gasteiger charge is 2.29. The Hall–Kier alpha value is -2.54. The topological polar surface area (TPSA) is 50.8 Å². The Morgan fingerprint density at radius 1 is 1.03 bits per heavy atom. The number of ether oxygens (including phenoxy) is 1. The molecule has 182 valence electrons. The predicted molar refractivity (Wildman–Crippen MR) is 128 cm³/mol. The lowest BCUT2D eigenvalue weighted by Gasteiger charge is -2.23. The number of benzene rings is 2. The number of rotatable bonds is 9. The molecule has 2 aromatic carbocycles. The molecule has 0 heterocycles. The highest BCUT2D eigenvalue weighted by molar-refractivity contribution is 5.81. The van der Waals surface area contributed by atoms with E-state index in [9.17, 15) is 13.2 Å². The summed E-state index contributed by atoms with van der Waals surface area (Å²) in [4.78, 5) is 4.62. The summed E-state index contributed by atoms with van der Waals surface area (Å²) in [5.74, 6) is 7.85. The molecule has 33 heavy (non-hydrogen) atoms. The first-order chi connectivity index (χ1) is 15.4. The molecule has 0 saturated carbocycles. The van der Waals surface area contributed by atoms with Gasteiger partial charge in [0.2, 0.25) is 0 Å². The van der Waals surface area contributed by atoms with Gasteiger partial charge in [0, 0.05) is 13.0 Å². The Bertz CT molecular complexity index is 916. The highest BCUT2D eigenvalue weighted by Crippen LogP contribution is 2.29. The van der Waals surface area contributed by atoms with Crippen LogP contribution in [0, 0.1) is 6.92 Å². The van der Waals surface area contributed by atoms with Gasteiger partial charge < -0.3 is 4.74 Å². The number of hydrogen-bond acceptors (Lipinski definition) is 3. The second kappa shape index (κ2) is 11.5. The highest BCUT2D eigenvalue weighted by atomic mass is 19.4. The number of alkyl halides is 3. The number of halogens is 3. The summed E-state index contributed by atoms with van der Waals surface area (Å²) in [7, 11) is 0. The van der Waals surface area contributed by atoms with Gasteiger partial charge in [-0.1, -0.05) is 31.2 Å². The van der Waals surface area contributed by atoms with E-state index in [1.54, 1.807) is 5.01 Å². The van der Waals surface area contributed by atoms with Crippen LogP contribution in [0.5, 0.6) is 5.75 Å². The van der Waals surface area contributed by atoms with Gasteiger partial charge in [-0.05, 0) is 81.8 Å². The maximum atomic E-state index is 12.8. The molecule has 2 N–H and O–H groups in total. The number of hydrazine groups is 1. The van der Waals surface area contributed by atoms with E-state index in [4.69, 9.17) is 10.6 Å². The average Bonchev–Trinajstić information content (AvgIpc) is 2.71. The molecule has 2 rings (SSSR count). The lowest BCUT2D eigenvalue weighted by molar-refractivity contribution is -0.137. The molecule has 0 saturated heterocycles. The maximum Gasteiger partial charge on any atom is 0.416 e. The van der Waals surface area contributed by atoms with Gasteiger partial charge in [0.25, 0.3) is 0 Å². The molecule has 0 fully saturated rings. The van der Waals surface area contributed by atoms with Crippen LogP contribution in [0.3, 0.4) is 0 Å². The van der Waals surface area contributed by atoms with E-state index < -0.39 is 11.7 Å². The third-order valence-corrected chi connectivity index (χ3v) is 5.04. The van der Waals surface area contributed by atoms with Crippen LogP contribution in [-0.4, -0.2) is 23.0 Å². The molecule has 4 nitrogen and oxygen atoms in total. The Morgan fingerprint density at radius 2 is 1.67 bits per heavy atom. The van der Waals surface area contributed by atoms with Crippen molar-refractivity contribution >= 4 is 5.84 Å². The average molecular weight is 464 g/mol. The summed E-state index contributed by atoms with van der Waals surface area (Å²) in [6.07, 6.45) is -1.03. The van der Waals surface area contributed by atoms with Crippen molar-refractivity contribution in [1.82, 2.24) is 5.01 Å². The van der Waals surface area contributed by atoms with Crippen molar-refractivity contribution in [2.75, 3.05) is 6.54 Å². The van der Waals surface area contributed by atoms with Gasteiger partial charge in [-0.15, -0.1) is 0 Å². The standard InChI is InChI=1S/C26H36F3N3O/c1-6-16-32(30)24(31-18-21-10-13-22(14-11-21)26(27,28)29)9-7-8-20-12-15-23(19(2)17-20)33-25(3,4)5/h10-15,17H,6-9,16,18,30H2,1-5H3. The zero-order valence-corrected chi connectivity index (χ0v) is 20.3. The fourth-order valence-corrected chi connectivity index (χ4v) is 3.43. The first-order valence-corrected chi connectivity index (χ1v) is 11.4. The van der Waals surface area contributed by atoms with Gasteiger partial charge >= 0.3 is 6.18 Å². The van der Waals surface area contributed by atoms with Gasteiger partial charge in [0.1, 0.15) is 17.2 Å². The molecule has 0 unspecified atom stereocenters. The number of aryl methyl sites for hydroxylation is 2. The van der Waals surface area contributed by atoms with Crippen LogP contribution in [0.1, 0.15) is 69.2 Å². The molecule has 2 aromatic rings. The van der Waals surface area contributed by atoms with E-state index in [0.717, 1.165) is 54.1 Å². The quantitative estimate of drug-likeness (QED) is 0.195. The molecule has 0 aliphatic carbocycles. The third-order valence-electron chi connectivity index (χ3n) is 5.04. The monoisotopic (exact) mass is 463 g/mol. The fourth-order valence-electron chi connectivity index (χ4n) is 3.43. The van der Waals surface area contributed by atoms with Crippen LogP contribution in [0.4, 0.5) is 13.2 Å². The van der Waals surface area contributed by atoms with Crippen molar-refractivity contribution in [3.63, 3.8) is 0 Å².